The first kappa shape index (κ1) is 15.4. The van der Waals surface area contributed by atoms with Crippen LogP contribution in [0.2, 0.25) is 0 Å². The third-order valence-electron chi connectivity index (χ3n) is 3.57. The van der Waals surface area contributed by atoms with Gasteiger partial charge >= 0.3 is 5.97 Å². The number of hydrogen-bond acceptors (Lipinski definition) is 4. The predicted octanol–water partition coefficient (Wildman–Crippen LogP) is 1.75. The standard InChI is InChI=1S/C14H28N2O2/c1-3-15-10-12-16(13-11-15)9-7-5-6-8-14(17)18-4-2/h3-13H2,1-2H3. The third-order valence-corrected chi connectivity index (χ3v) is 3.57. The Kier molecular flexibility index (Phi) is 8.01. The van der Waals surface area contributed by atoms with Crippen LogP contribution < -0.4 is 0 Å². The zero-order valence-corrected chi connectivity index (χ0v) is 12.0. The van der Waals surface area contributed by atoms with Crippen LogP contribution in [0.4, 0.5) is 0 Å². The second kappa shape index (κ2) is 9.34. The van der Waals surface area contributed by atoms with Gasteiger partial charge in [-0.2, -0.15) is 0 Å². The Labute approximate surface area is 111 Å². The van der Waals surface area contributed by atoms with Crippen LogP contribution in [-0.2, 0) is 9.53 Å². The van der Waals surface area contributed by atoms with Gasteiger partial charge in [0.15, 0.2) is 0 Å². The van der Waals surface area contributed by atoms with Crippen LogP contribution in [0.1, 0.15) is 39.5 Å². The lowest BCUT2D eigenvalue weighted by molar-refractivity contribution is -0.143. The molecule has 4 nitrogen and oxygen atoms in total. The highest BCUT2D eigenvalue weighted by molar-refractivity contribution is 5.69. The fourth-order valence-electron chi connectivity index (χ4n) is 2.34. The summed E-state index contributed by atoms with van der Waals surface area (Å²) in [6, 6.07) is 0. The normalized spacial score (nSPS) is 17.9. The minimum Gasteiger partial charge on any atom is -0.466 e. The van der Waals surface area contributed by atoms with E-state index in [4.69, 9.17) is 4.74 Å². The van der Waals surface area contributed by atoms with E-state index in [0.29, 0.717) is 13.0 Å². The van der Waals surface area contributed by atoms with Crippen molar-refractivity contribution < 1.29 is 9.53 Å². The molecule has 0 amide bonds. The summed E-state index contributed by atoms with van der Waals surface area (Å²) in [5.74, 6) is -0.0472. The van der Waals surface area contributed by atoms with Crippen molar-refractivity contribution in [2.24, 2.45) is 0 Å². The van der Waals surface area contributed by atoms with E-state index in [-0.39, 0.29) is 5.97 Å². The Bertz CT molecular complexity index is 226. The lowest BCUT2D eigenvalue weighted by atomic mass is 10.2. The summed E-state index contributed by atoms with van der Waals surface area (Å²) in [4.78, 5) is 16.2. The number of rotatable bonds is 8. The first-order chi connectivity index (χ1) is 8.76. The molecule has 1 fully saturated rings. The Morgan fingerprint density at radius 3 is 2.28 bits per heavy atom. The van der Waals surface area contributed by atoms with E-state index in [1.165, 1.54) is 45.7 Å². The van der Waals surface area contributed by atoms with Crippen molar-refractivity contribution in [3.63, 3.8) is 0 Å². The van der Waals surface area contributed by atoms with Crippen molar-refractivity contribution in [1.29, 1.82) is 0 Å². The largest absolute Gasteiger partial charge is 0.466 e. The van der Waals surface area contributed by atoms with E-state index in [2.05, 4.69) is 16.7 Å². The van der Waals surface area contributed by atoms with Gasteiger partial charge in [0.1, 0.15) is 0 Å². The van der Waals surface area contributed by atoms with Gasteiger partial charge in [0, 0.05) is 32.6 Å². The first-order valence-electron chi connectivity index (χ1n) is 7.36. The minimum atomic E-state index is -0.0472. The molecule has 0 N–H and O–H groups in total. The molecule has 1 heterocycles. The average molecular weight is 256 g/mol. The quantitative estimate of drug-likeness (QED) is 0.489. The van der Waals surface area contributed by atoms with Crippen molar-refractivity contribution in [2.45, 2.75) is 39.5 Å². The van der Waals surface area contributed by atoms with Gasteiger partial charge in [0.05, 0.1) is 6.61 Å². The summed E-state index contributed by atoms with van der Waals surface area (Å²) in [5.41, 5.74) is 0. The van der Waals surface area contributed by atoms with Gasteiger partial charge in [0.25, 0.3) is 0 Å². The van der Waals surface area contributed by atoms with E-state index in [1.54, 1.807) is 0 Å². The maximum absolute atomic E-state index is 11.1. The molecular formula is C14H28N2O2. The Hall–Kier alpha value is -0.610. The monoisotopic (exact) mass is 256 g/mol. The topological polar surface area (TPSA) is 32.8 Å². The fraction of sp³-hybridized carbons (Fsp3) is 0.929. The van der Waals surface area contributed by atoms with Gasteiger partial charge < -0.3 is 14.5 Å². The molecule has 18 heavy (non-hydrogen) atoms. The number of esters is 1. The summed E-state index contributed by atoms with van der Waals surface area (Å²) in [5, 5.41) is 0. The molecule has 0 radical (unpaired) electrons. The second-order valence-corrected chi connectivity index (χ2v) is 4.89. The lowest BCUT2D eigenvalue weighted by Crippen LogP contribution is -2.46. The molecule has 0 saturated carbocycles. The van der Waals surface area contributed by atoms with Crippen molar-refractivity contribution >= 4 is 5.97 Å². The zero-order chi connectivity index (χ0) is 13.2. The van der Waals surface area contributed by atoms with Crippen LogP contribution in [0.3, 0.4) is 0 Å². The van der Waals surface area contributed by atoms with Crippen molar-refractivity contribution in [3.8, 4) is 0 Å². The van der Waals surface area contributed by atoms with Gasteiger partial charge in [0.2, 0.25) is 0 Å². The molecule has 0 atom stereocenters. The number of carbonyl (C=O) groups is 1. The van der Waals surface area contributed by atoms with Crippen LogP contribution in [0.15, 0.2) is 0 Å². The Balaban J connectivity index is 1.94. The number of hydrogen-bond donors (Lipinski definition) is 0. The molecule has 1 aliphatic rings. The first-order valence-corrected chi connectivity index (χ1v) is 7.36. The molecule has 1 saturated heterocycles. The zero-order valence-electron chi connectivity index (χ0n) is 12.0. The summed E-state index contributed by atoms with van der Waals surface area (Å²) in [6.45, 7) is 11.8. The number of piperazine rings is 1. The van der Waals surface area contributed by atoms with E-state index in [1.807, 2.05) is 6.92 Å². The van der Waals surface area contributed by atoms with Gasteiger partial charge in [-0.25, -0.2) is 0 Å². The Morgan fingerprint density at radius 2 is 1.67 bits per heavy atom. The number of carbonyl (C=O) groups excluding carboxylic acids is 1. The van der Waals surface area contributed by atoms with Crippen LogP contribution in [0, 0.1) is 0 Å². The van der Waals surface area contributed by atoms with Crippen LogP contribution in [-0.4, -0.2) is 61.6 Å². The molecule has 0 aromatic carbocycles. The number of ether oxygens (including phenoxy) is 1. The lowest BCUT2D eigenvalue weighted by Gasteiger charge is -2.33. The summed E-state index contributed by atoms with van der Waals surface area (Å²) >= 11 is 0. The molecule has 0 bridgehead atoms. The van der Waals surface area contributed by atoms with E-state index in [9.17, 15) is 4.79 Å². The average Bonchev–Trinajstić information content (AvgIpc) is 2.39. The molecule has 0 aliphatic carbocycles. The smallest absolute Gasteiger partial charge is 0.305 e. The maximum atomic E-state index is 11.1. The number of unbranched alkanes of at least 4 members (excludes halogenated alkanes) is 2. The molecule has 0 aromatic rings. The SMILES string of the molecule is CCOC(=O)CCCCCN1CCN(CC)CC1. The number of likely N-dealkylation sites (N-methyl/N-ethyl adjacent to an activating group) is 1. The van der Waals surface area contributed by atoms with E-state index >= 15 is 0 Å². The predicted molar refractivity (Wildman–Crippen MR) is 73.7 cm³/mol. The van der Waals surface area contributed by atoms with Crippen LogP contribution in [0.5, 0.6) is 0 Å². The van der Waals surface area contributed by atoms with Crippen LogP contribution >= 0.6 is 0 Å². The van der Waals surface area contributed by atoms with Gasteiger partial charge in [-0.15, -0.1) is 0 Å². The summed E-state index contributed by atoms with van der Waals surface area (Å²) in [7, 11) is 0. The molecule has 1 rings (SSSR count). The minimum absolute atomic E-state index is 0.0472. The highest BCUT2D eigenvalue weighted by Gasteiger charge is 2.14. The molecule has 1 aliphatic heterocycles. The molecule has 0 unspecified atom stereocenters. The highest BCUT2D eigenvalue weighted by atomic mass is 16.5. The van der Waals surface area contributed by atoms with Gasteiger partial charge in [-0.3, -0.25) is 4.79 Å². The molecule has 0 spiro atoms. The molecule has 0 aromatic heterocycles. The fourth-order valence-corrected chi connectivity index (χ4v) is 2.34. The van der Waals surface area contributed by atoms with Gasteiger partial charge in [-0.05, 0) is 32.9 Å². The van der Waals surface area contributed by atoms with E-state index in [0.717, 1.165) is 12.8 Å². The van der Waals surface area contributed by atoms with Crippen molar-refractivity contribution in [3.05, 3.63) is 0 Å². The summed E-state index contributed by atoms with van der Waals surface area (Å²) < 4.78 is 4.91. The van der Waals surface area contributed by atoms with Gasteiger partial charge in [-0.1, -0.05) is 13.3 Å². The Morgan fingerprint density at radius 1 is 1.00 bits per heavy atom. The summed E-state index contributed by atoms with van der Waals surface area (Å²) in [6.07, 6.45) is 3.88. The maximum Gasteiger partial charge on any atom is 0.305 e. The highest BCUT2D eigenvalue weighted by Crippen LogP contribution is 2.06. The van der Waals surface area contributed by atoms with Crippen molar-refractivity contribution in [2.75, 3.05) is 45.9 Å². The molecule has 4 heteroatoms. The molecular weight excluding hydrogens is 228 g/mol. The van der Waals surface area contributed by atoms with Crippen molar-refractivity contribution in [1.82, 2.24) is 9.80 Å². The third kappa shape index (κ3) is 6.36. The van der Waals surface area contributed by atoms with Crippen LogP contribution in [0.25, 0.3) is 0 Å². The molecule has 106 valence electrons. The second-order valence-electron chi connectivity index (χ2n) is 4.89. The van der Waals surface area contributed by atoms with E-state index < -0.39 is 0 Å². The number of nitrogens with zero attached hydrogens (tertiary/aromatic N) is 2.